The van der Waals surface area contributed by atoms with Gasteiger partial charge in [0, 0.05) is 62.1 Å². The molecular weight excluding hydrogens is 865 g/mol. The highest BCUT2D eigenvalue weighted by Crippen LogP contribution is 2.46. The predicted octanol–water partition coefficient (Wildman–Crippen LogP) is 16.7. The molecule has 0 aliphatic carbocycles. The molecule has 5 nitrogen and oxygen atoms in total. The van der Waals surface area contributed by atoms with Crippen molar-refractivity contribution >= 4 is 70.8 Å². The Labute approximate surface area is 408 Å². The third-order valence-corrected chi connectivity index (χ3v) is 14.6. The number of pyridine rings is 1. The molecule has 14 aromatic rings. The van der Waals surface area contributed by atoms with Crippen LogP contribution in [0.25, 0.3) is 127 Å². The van der Waals surface area contributed by atoms with Crippen LogP contribution in [0.5, 0.6) is 11.5 Å². The van der Waals surface area contributed by atoms with Gasteiger partial charge in [0.25, 0.3) is 6.33 Å². The molecule has 330 valence electrons. The summed E-state index contributed by atoms with van der Waals surface area (Å²) >= 11 is 0. The summed E-state index contributed by atoms with van der Waals surface area (Å²) in [6.45, 7) is 0. The summed E-state index contributed by atoms with van der Waals surface area (Å²) < 4.78 is 14.2. The van der Waals surface area contributed by atoms with E-state index in [0.29, 0.717) is 0 Å². The van der Waals surface area contributed by atoms with Crippen LogP contribution in [0.15, 0.2) is 249 Å². The average molecular weight is 906 g/mol. The Hall–Kier alpha value is -9.58. The molecule has 0 saturated carbocycles. The standard InChI is InChI=1S/C66H41N4O/c1-3-17-42(18-4-1)46-27-13-28-47(43-19-5-2-6-20-43)63(46)68-41-69-61-39-44(34-36-54(61)50-23-9-11-25-52(50)57-31-15-33-60(68)65(57)69)71-45-35-37-55-58-30-14-29-56-51-24-10-7-21-48(51)49-22-8-12-26-53(49)59-32-16-38-67-66(59)70(64(56)58)62(55)40-45/h1-41H/q+1. The minimum atomic E-state index is 0.739. The zero-order valence-electron chi connectivity index (χ0n) is 38.4. The van der Waals surface area contributed by atoms with E-state index in [2.05, 4.69) is 250 Å². The van der Waals surface area contributed by atoms with Crippen LogP contribution in [0.1, 0.15) is 0 Å². The van der Waals surface area contributed by atoms with Crippen LogP contribution in [0.4, 0.5) is 0 Å². The summed E-state index contributed by atoms with van der Waals surface area (Å²) in [7, 11) is 0. The fourth-order valence-corrected chi connectivity index (χ4v) is 11.6. The van der Waals surface area contributed by atoms with Gasteiger partial charge in [-0.25, -0.2) is 4.98 Å². The minimum absolute atomic E-state index is 0.739. The lowest BCUT2D eigenvalue weighted by molar-refractivity contribution is -0.566. The molecule has 15 rings (SSSR count). The van der Waals surface area contributed by atoms with Gasteiger partial charge in [0.05, 0.1) is 11.0 Å². The summed E-state index contributed by atoms with van der Waals surface area (Å²) in [6.07, 6.45) is 4.19. The molecule has 71 heavy (non-hydrogen) atoms. The van der Waals surface area contributed by atoms with Gasteiger partial charge in [-0.15, -0.1) is 0 Å². The molecule has 5 heterocycles. The molecule has 10 aromatic carbocycles. The number of fused-ring (bicyclic) bond motifs is 15. The average Bonchev–Trinajstić information content (AvgIpc) is 3.97. The Kier molecular flexibility index (Phi) is 8.59. The molecule has 0 bridgehead atoms. The van der Waals surface area contributed by atoms with Crippen molar-refractivity contribution in [3.05, 3.63) is 249 Å². The SMILES string of the molecule is c1ccc(-c2cccc(-c3ccccc3)c2-[n+]2cn3c4c(cccc42)-c2ccccc2-c2ccc(Oc4ccc5c6cccc7c8ccccc8c8ccccc8c8cccnc8n(c5c4)c76)cc2-3)cc1. The van der Waals surface area contributed by atoms with Crippen molar-refractivity contribution in [3.63, 3.8) is 0 Å². The Bertz CT molecular complexity index is 4490. The number of nitrogens with zero attached hydrogens (tertiary/aromatic N) is 4. The molecule has 0 N–H and O–H groups in total. The normalized spacial score (nSPS) is 11.9. The number of hydrogen-bond donors (Lipinski definition) is 0. The Morgan fingerprint density at radius 3 is 1.61 bits per heavy atom. The smallest absolute Gasteiger partial charge is 0.255 e. The van der Waals surface area contributed by atoms with E-state index < -0.39 is 0 Å². The largest absolute Gasteiger partial charge is 0.457 e. The zero-order chi connectivity index (χ0) is 46.6. The first kappa shape index (κ1) is 39.4. The first-order chi connectivity index (χ1) is 35.2. The van der Waals surface area contributed by atoms with Gasteiger partial charge in [-0.1, -0.05) is 176 Å². The van der Waals surface area contributed by atoms with E-state index in [9.17, 15) is 0 Å². The maximum atomic E-state index is 7.08. The number of benzene rings is 10. The number of para-hydroxylation sites is 3. The van der Waals surface area contributed by atoms with Crippen LogP contribution in [0, 0.1) is 0 Å². The highest BCUT2D eigenvalue weighted by Gasteiger charge is 2.32. The number of rotatable bonds is 5. The van der Waals surface area contributed by atoms with E-state index in [4.69, 9.17) is 9.72 Å². The van der Waals surface area contributed by atoms with Crippen molar-refractivity contribution in [1.29, 1.82) is 0 Å². The monoisotopic (exact) mass is 905 g/mol. The second kappa shape index (κ2) is 15.5. The fraction of sp³-hybridized carbons (Fsp3) is 0. The molecular formula is C66H41N4O+. The molecule has 0 spiro atoms. The van der Waals surface area contributed by atoms with Crippen LogP contribution >= 0.6 is 0 Å². The summed E-state index contributed by atoms with van der Waals surface area (Å²) in [5.74, 6) is 1.48. The summed E-state index contributed by atoms with van der Waals surface area (Å²) in [5.41, 5.74) is 16.7. The summed E-state index contributed by atoms with van der Waals surface area (Å²) in [5, 5.41) is 9.25. The van der Waals surface area contributed by atoms with Crippen molar-refractivity contribution in [2.75, 3.05) is 0 Å². The van der Waals surface area contributed by atoms with Gasteiger partial charge in [-0.2, -0.15) is 9.13 Å². The zero-order valence-corrected chi connectivity index (χ0v) is 38.4. The van der Waals surface area contributed by atoms with E-state index in [1.165, 1.54) is 32.8 Å². The third-order valence-electron chi connectivity index (χ3n) is 14.6. The highest BCUT2D eigenvalue weighted by molar-refractivity contribution is 6.25. The van der Waals surface area contributed by atoms with Crippen molar-refractivity contribution in [3.8, 4) is 67.4 Å². The molecule has 0 amide bonds. The van der Waals surface area contributed by atoms with E-state index >= 15 is 0 Å². The Morgan fingerprint density at radius 2 is 0.887 bits per heavy atom. The molecule has 5 heteroatoms. The predicted molar refractivity (Wildman–Crippen MR) is 292 cm³/mol. The van der Waals surface area contributed by atoms with Gasteiger partial charge in [0.15, 0.2) is 11.0 Å². The Morgan fingerprint density at radius 1 is 0.366 bits per heavy atom. The maximum Gasteiger partial charge on any atom is 0.255 e. The quantitative estimate of drug-likeness (QED) is 0.161. The third kappa shape index (κ3) is 5.93. The van der Waals surface area contributed by atoms with E-state index in [-0.39, 0.29) is 0 Å². The van der Waals surface area contributed by atoms with Gasteiger partial charge in [0.2, 0.25) is 0 Å². The molecule has 0 unspecified atom stereocenters. The van der Waals surface area contributed by atoms with Crippen molar-refractivity contribution in [2.24, 2.45) is 0 Å². The first-order valence-corrected chi connectivity index (χ1v) is 24.2. The maximum absolute atomic E-state index is 7.08. The lowest BCUT2D eigenvalue weighted by Gasteiger charge is -2.14. The van der Waals surface area contributed by atoms with Gasteiger partial charge >= 0.3 is 0 Å². The second-order valence-corrected chi connectivity index (χ2v) is 18.5. The van der Waals surface area contributed by atoms with E-state index in [1.807, 2.05) is 12.3 Å². The van der Waals surface area contributed by atoms with Crippen molar-refractivity contribution in [2.45, 2.75) is 0 Å². The number of aromatic nitrogens is 4. The Balaban J connectivity index is 0.963. The van der Waals surface area contributed by atoms with Gasteiger partial charge in [-0.05, 0) is 92.3 Å². The minimum Gasteiger partial charge on any atom is -0.457 e. The molecule has 0 fully saturated rings. The second-order valence-electron chi connectivity index (χ2n) is 18.5. The van der Waals surface area contributed by atoms with Crippen molar-refractivity contribution in [1.82, 2.24) is 14.0 Å². The summed E-state index contributed by atoms with van der Waals surface area (Å²) in [4.78, 5) is 5.18. The summed E-state index contributed by atoms with van der Waals surface area (Å²) in [6, 6.07) is 85.1. The molecule has 1 aliphatic rings. The van der Waals surface area contributed by atoms with E-state index in [0.717, 1.165) is 105 Å². The van der Waals surface area contributed by atoms with Crippen LogP contribution in [0.2, 0.25) is 0 Å². The number of ether oxygens (including phenoxy) is 1. The molecule has 0 saturated heterocycles. The van der Waals surface area contributed by atoms with Crippen LogP contribution in [-0.4, -0.2) is 14.0 Å². The van der Waals surface area contributed by atoms with Crippen LogP contribution < -0.4 is 9.30 Å². The molecule has 1 aliphatic heterocycles. The highest BCUT2D eigenvalue weighted by atomic mass is 16.5. The van der Waals surface area contributed by atoms with Crippen LogP contribution in [0.3, 0.4) is 0 Å². The lowest BCUT2D eigenvalue weighted by atomic mass is 9.94. The number of imidazole rings is 1. The van der Waals surface area contributed by atoms with E-state index in [1.54, 1.807) is 0 Å². The molecule has 4 aromatic heterocycles. The lowest BCUT2D eigenvalue weighted by Crippen LogP contribution is -2.31. The van der Waals surface area contributed by atoms with Crippen LogP contribution in [-0.2, 0) is 0 Å². The van der Waals surface area contributed by atoms with Crippen molar-refractivity contribution < 1.29 is 9.30 Å². The van der Waals surface area contributed by atoms with Gasteiger partial charge in [0.1, 0.15) is 28.5 Å². The molecule has 0 radical (unpaired) electrons. The topological polar surface area (TPSA) is 35.3 Å². The van der Waals surface area contributed by atoms with Gasteiger partial charge < -0.3 is 4.74 Å². The molecule has 0 atom stereocenters. The first-order valence-electron chi connectivity index (χ1n) is 24.2. The fourth-order valence-electron chi connectivity index (χ4n) is 11.6. The van der Waals surface area contributed by atoms with Gasteiger partial charge in [-0.3, -0.25) is 4.40 Å². The number of hydrogen-bond acceptors (Lipinski definition) is 2.